The molecular formula is C13H16O2. The molecule has 3 aliphatic carbocycles. The summed E-state index contributed by atoms with van der Waals surface area (Å²) < 4.78 is 0. The Bertz CT molecular complexity index is 389. The van der Waals surface area contributed by atoms with Gasteiger partial charge in [-0.2, -0.15) is 0 Å². The quantitative estimate of drug-likeness (QED) is 0.655. The maximum Gasteiger partial charge on any atom is 0.178 e. The predicted molar refractivity (Wildman–Crippen MR) is 57.2 cm³/mol. The second kappa shape index (κ2) is 2.62. The first kappa shape index (κ1) is 9.34. The van der Waals surface area contributed by atoms with Crippen LogP contribution in [0.2, 0.25) is 0 Å². The second-order valence-electron chi connectivity index (χ2n) is 5.54. The van der Waals surface area contributed by atoms with E-state index in [0.717, 1.165) is 25.7 Å². The maximum absolute atomic E-state index is 11.3. The predicted octanol–water partition coefficient (Wildman–Crippen LogP) is 1.99. The first-order chi connectivity index (χ1) is 7.02. The minimum absolute atomic E-state index is 0.0142. The normalized spacial score (nSPS) is 47.7. The van der Waals surface area contributed by atoms with Crippen molar-refractivity contribution in [2.24, 2.45) is 11.3 Å². The molecule has 0 aromatic carbocycles. The number of carbonyl (C=O) groups is 1. The molecule has 2 unspecified atom stereocenters. The van der Waals surface area contributed by atoms with Crippen LogP contribution in [0.4, 0.5) is 0 Å². The van der Waals surface area contributed by atoms with Crippen molar-refractivity contribution in [3.63, 3.8) is 0 Å². The molecule has 80 valence electrons. The Morgan fingerprint density at radius 2 is 2.33 bits per heavy atom. The van der Waals surface area contributed by atoms with Gasteiger partial charge in [0.25, 0.3) is 0 Å². The lowest BCUT2D eigenvalue weighted by atomic mass is 9.69. The summed E-state index contributed by atoms with van der Waals surface area (Å²) in [5.41, 5.74) is 0.727. The van der Waals surface area contributed by atoms with Crippen LogP contribution in [-0.2, 0) is 4.79 Å². The van der Waals surface area contributed by atoms with E-state index in [4.69, 9.17) is 0 Å². The Hall–Kier alpha value is -0.890. The van der Waals surface area contributed by atoms with Crippen LogP contribution >= 0.6 is 0 Å². The van der Waals surface area contributed by atoms with Crippen LogP contribution in [0.3, 0.4) is 0 Å². The molecule has 0 aromatic rings. The lowest BCUT2D eigenvalue weighted by Gasteiger charge is -2.34. The molecule has 0 aromatic heterocycles. The molecule has 2 nitrogen and oxygen atoms in total. The minimum atomic E-state index is -0.541. The summed E-state index contributed by atoms with van der Waals surface area (Å²) in [6.07, 6.45) is 9.33. The Labute approximate surface area is 89.7 Å². The van der Waals surface area contributed by atoms with Gasteiger partial charge in [-0.1, -0.05) is 11.6 Å². The Morgan fingerprint density at radius 1 is 1.53 bits per heavy atom. The Morgan fingerprint density at radius 3 is 3.13 bits per heavy atom. The van der Waals surface area contributed by atoms with Crippen molar-refractivity contribution in [1.29, 1.82) is 0 Å². The molecule has 15 heavy (non-hydrogen) atoms. The first-order valence-corrected chi connectivity index (χ1v) is 5.69. The summed E-state index contributed by atoms with van der Waals surface area (Å²) in [5, 5.41) is 10.3. The number of rotatable bonds is 0. The van der Waals surface area contributed by atoms with Gasteiger partial charge in [0.1, 0.15) is 0 Å². The zero-order valence-corrected chi connectivity index (χ0v) is 8.99. The smallest absolute Gasteiger partial charge is 0.178 e. The molecule has 2 bridgehead atoms. The molecule has 3 aliphatic rings. The lowest BCUT2D eigenvalue weighted by molar-refractivity contribution is -0.110. The number of fused-ring (bicyclic) bond motifs is 1. The van der Waals surface area contributed by atoms with Gasteiger partial charge in [0.05, 0.1) is 5.60 Å². The monoisotopic (exact) mass is 204 g/mol. The van der Waals surface area contributed by atoms with E-state index in [0.29, 0.717) is 5.92 Å². The van der Waals surface area contributed by atoms with Crippen LogP contribution in [-0.4, -0.2) is 16.5 Å². The van der Waals surface area contributed by atoms with E-state index in [-0.39, 0.29) is 11.2 Å². The van der Waals surface area contributed by atoms with E-state index < -0.39 is 5.60 Å². The Kier molecular flexibility index (Phi) is 1.63. The van der Waals surface area contributed by atoms with Crippen molar-refractivity contribution in [1.82, 2.24) is 0 Å². The molecule has 2 heteroatoms. The number of aliphatic hydroxyl groups is 1. The van der Waals surface area contributed by atoms with Gasteiger partial charge in [0, 0.05) is 5.41 Å². The third-order valence-electron chi connectivity index (χ3n) is 4.45. The van der Waals surface area contributed by atoms with Crippen LogP contribution in [0.15, 0.2) is 23.8 Å². The molecule has 3 rings (SSSR count). The summed E-state index contributed by atoms with van der Waals surface area (Å²) in [6.45, 7) is 1.94. The summed E-state index contributed by atoms with van der Waals surface area (Å²) in [5.74, 6) is 0.521. The van der Waals surface area contributed by atoms with Crippen molar-refractivity contribution in [2.45, 2.75) is 38.2 Å². The minimum Gasteiger partial charge on any atom is -0.390 e. The van der Waals surface area contributed by atoms with Crippen LogP contribution < -0.4 is 0 Å². The van der Waals surface area contributed by atoms with Crippen molar-refractivity contribution in [2.75, 3.05) is 0 Å². The van der Waals surface area contributed by atoms with E-state index in [9.17, 15) is 9.90 Å². The largest absolute Gasteiger partial charge is 0.390 e. The molecule has 0 saturated heterocycles. The number of hydrogen-bond acceptors (Lipinski definition) is 2. The number of ketones is 1. The zero-order valence-electron chi connectivity index (χ0n) is 8.99. The summed E-state index contributed by atoms with van der Waals surface area (Å²) >= 11 is 0. The van der Waals surface area contributed by atoms with Crippen LogP contribution in [0.1, 0.15) is 32.6 Å². The summed E-state index contributed by atoms with van der Waals surface area (Å²) in [4.78, 5) is 11.3. The average Bonchev–Trinajstić information content (AvgIpc) is 2.36. The molecule has 1 N–H and O–H groups in total. The molecule has 0 radical (unpaired) electrons. The first-order valence-electron chi connectivity index (χ1n) is 5.69. The number of allylic oxidation sites excluding steroid dienone is 4. The molecule has 1 spiro atoms. The van der Waals surface area contributed by atoms with E-state index >= 15 is 0 Å². The van der Waals surface area contributed by atoms with Crippen molar-refractivity contribution in [3.05, 3.63) is 23.8 Å². The molecule has 2 saturated carbocycles. The molecule has 2 fully saturated rings. The molecule has 0 heterocycles. The van der Waals surface area contributed by atoms with Crippen LogP contribution in [0.5, 0.6) is 0 Å². The molecule has 3 atom stereocenters. The topological polar surface area (TPSA) is 37.3 Å². The van der Waals surface area contributed by atoms with Gasteiger partial charge in [-0.15, -0.1) is 0 Å². The second-order valence-corrected chi connectivity index (χ2v) is 5.54. The van der Waals surface area contributed by atoms with E-state index in [2.05, 4.69) is 0 Å². The third-order valence-corrected chi connectivity index (χ3v) is 4.45. The fourth-order valence-electron chi connectivity index (χ4n) is 3.66. The maximum atomic E-state index is 11.3. The highest BCUT2D eigenvalue weighted by Crippen LogP contribution is 2.59. The highest BCUT2D eigenvalue weighted by Gasteiger charge is 2.54. The van der Waals surface area contributed by atoms with Gasteiger partial charge in [-0.25, -0.2) is 0 Å². The third kappa shape index (κ3) is 1.18. The highest BCUT2D eigenvalue weighted by molar-refractivity contribution is 6.01. The van der Waals surface area contributed by atoms with Gasteiger partial charge in [-0.3, -0.25) is 4.79 Å². The molecular weight excluding hydrogens is 188 g/mol. The van der Waals surface area contributed by atoms with Crippen LogP contribution in [0, 0.1) is 11.3 Å². The summed E-state index contributed by atoms with van der Waals surface area (Å²) in [6, 6.07) is 0. The zero-order chi connectivity index (χ0) is 10.7. The van der Waals surface area contributed by atoms with Gasteiger partial charge in [0.2, 0.25) is 0 Å². The van der Waals surface area contributed by atoms with Crippen molar-refractivity contribution >= 4 is 5.78 Å². The highest BCUT2D eigenvalue weighted by atomic mass is 16.3. The van der Waals surface area contributed by atoms with Crippen molar-refractivity contribution in [3.8, 4) is 0 Å². The van der Waals surface area contributed by atoms with Gasteiger partial charge in [-0.05, 0) is 50.7 Å². The number of carbonyl (C=O) groups excluding carboxylic acids is 1. The van der Waals surface area contributed by atoms with Gasteiger partial charge >= 0.3 is 0 Å². The van der Waals surface area contributed by atoms with Gasteiger partial charge < -0.3 is 5.11 Å². The fourth-order valence-corrected chi connectivity index (χ4v) is 3.66. The van der Waals surface area contributed by atoms with Crippen molar-refractivity contribution < 1.29 is 9.90 Å². The molecule has 0 aliphatic heterocycles. The SMILES string of the molecule is C[C@]1(O)CC23C=CC(=O)C=C2CCC1C3. The van der Waals surface area contributed by atoms with Crippen LogP contribution in [0.25, 0.3) is 0 Å². The average molecular weight is 204 g/mol. The standard InChI is InChI=1S/C13H16O2/c1-12(15)8-13-5-4-11(14)6-9(13)2-3-10(12)7-13/h4-6,10,15H,2-3,7-8H2,1H3/t10?,12-,13?/m0/s1. The van der Waals surface area contributed by atoms with E-state index in [1.165, 1.54) is 5.57 Å². The summed E-state index contributed by atoms with van der Waals surface area (Å²) in [7, 11) is 0. The van der Waals surface area contributed by atoms with E-state index in [1.54, 1.807) is 12.2 Å². The Balaban J connectivity index is 2.06. The number of hydrogen-bond donors (Lipinski definition) is 1. The fraction of sp³-hybridized carbons (Fsp3) is 0.615. The lowest BCUT2D eigenvalue weighted by Crippen LogP contribution is -2.28. The van der Waals surface area contributed by atoms with E-state index in [1.807, 2.05) is 13.0 Å². The van der Waals surface area contributed by atoms with Gasteiger partial charge in [0.15, 0.2) is 5.78 Å². The molecule has 0 amide bonds.